The van der Waals surface area contributed by atoms with E-state index in [-0.39, 0.29) is 18.5 Å². The molecular formula is C30H40N8O3. The molecule has 0 aliphatic carbocycles. The van der Waals surface area contributed by atoms with Crippen molar-refractivity contribution < 1.29 is 14.3 Å². The Kier molecular flexibility index (Phi) is 7.72. The third kappa shape index (κ3) is 5.89. The monoisotopic (exact) mass is 560 g/mol. The lowest BCUT2D eigenvalue weighted by atomic mass is 10.1. The van der Waals surface area contributed by atoms with Crippen molar-refractivity contribution >= 4 is 23.6 Å². The summed E-state index contributed by atoms with van der Waals surface area (Å²) in [6.45, 7) is 11.0. The number of hydrogen-bond donors (Lipinski definition) is 0. The topological polar surface area (TPSA) is 110 Å². The molecule has 2 aliphatic heterocycles. The Morgan fingerprint density at radius 3 is 2.61 bits per heavy atom. The number of pyridine rings is 2. The molecule has 3 aromatic heterocycles. The number of fused-ring (bicyclic) bond motifs is 2. The Balaban J connectivity index is 1.48. The van der Waals surface area contributed by atoms with E-state index in [0.717, 1.165) is 43.0 Å². The van der Waals surface area contributed by atoms with Crippen LogP contribution in [-0.2, 0) is 30.8 Å². The summed E-state index contributed by atoms with van der Waals surface area (Å²) < 4.78 is 7.72. The highest BCUT2D eigenvalue weighted by Gasteiger charge is 2.34. The van der Waals surface area contributed by atoms with Gasteiger partial charge in [-0.05, 0) is 65.7 Å². The zero-order valence-corrected chi connectivity index (χ0v) is 25.1. The van der Waals surface area contributed by atoms with Gasteiger partial charge >= 0.3 is 6.09 Å². The molecule has 0 unspecified atom stereocenters. The van der Waals surface area contributed by atoms with Crippen molar-refractivity contribution in [2.24, 2.45) is 0 Å². The molecule has 0 radical (unpaired) electrons. The maximum absolute atomic E-state index is 13.9. The zero-order valence-electron chi connectivity index (χ0n) is 25.1. The Labute approximate surface area is 241 Å². The minimum absolute atomic E-state index is 0.147. The van der Waals surface area contributed by atoms with Gasteiger partial charge < -0.3 is 19.1 Å². The lowest BCUT2D eigenvalue weighted by Crippen LogP contribution is -2.34. The van der Waals surface area contributed by atoms with Crippen LogP contribution in [0.3, 0.4) is 0 Å². The van der Waals surface area contributed by atoms with E-state index < -0.39 is 11.7 Å². The number of anilines is 2. The highest BCUT2D eigenvalue weighted by atomic mass is 16.6. The lowest BCUT2D eigenvalue weighted by molar-refractivity contribution is 0.0282. The van der Waals surface area contributed by atoms with E-state index in [1.165, 1.54) is 11.3 Å². The molecule has 2 amide bonds. The first-order valence-corrected chi connectivity index (χ1v) is 14.3. The number of rotatable bonds is 6. The van der Waals surface area contributed by atoms with Crippen molar-refractivity contribution in [1.29, 1.82) is 0 Å². The molecule has 11 heteroatoms. The van der Waals surface area contributed by atoms with Crippen LogP contribution in [0.4, 0.5) is 16.4 Å². The fourth-order valence-electron chi connectivity index (χ4n) is 5.12. The molecule has 5 heterocycles. The highest BCUT2D eigenvalue weighted by Crippen LogP contribution is 2.33. The van der Waals surface area contributed by atoms with Crippen LogP contribution in [0.25, 0.3) is 11.5 Å². The van der Waals surface area contributed by atoms with Gasteiger partial charge in [-0.1, -0.05) is 12.5 Å². The van der Waals surface area contributed by atoms with Crippen molar-refractivity contribution in [2.75, 3.05) is 23.9 Å². The van der Waals surface area contributed by atoms with E-state index in [2.05, 4.69) is 28.6 Å². The van der Waals surface area contributed by atoms with Crippen molar-refractivity contribution in [3.05, 3.63) is 46.9 Å². The first-order valence-electron chi connectivity index (χ1n) is 14.3. The molecule has 0 fully saturated rings. The molecule has 3 aromatic rings. The largest absolute Gasteiger partial charge is 0.444 e. The van der Waals surface area contributed by atoms with Crippen LogP contribution in [0, 0.1) is 0 Å². The molecule has 5 rings (SSSR count). The number of ether oxygens (including phenoxy) is 1. The van der Waals surface area contributed by atoms with Crippen LogP contribution in [-0.4, -0.2) is 67.4 Å². The predicted molar refractivity (Wildman–Crippen MR) is 157 cm³/mol. The van der Waals surface area contributed by atoms with Crippen LogP contribution >= 0.6 is 0 Å². The Hall–Kier alpha value is -4.02. The molecule has 0 atom stereocenters. The van der Waals surface area contributed by atoms with Crippen LogP contribution in [0.1, 0.15) is 81.3 Å². The maximum Gasteiger partial charge on any atom is 0.410 e. The average Bonchev–Trinajstić information content (AvgIpc) is 3.39. The summed E-state index contributed by atoms with van der Waals surface area (Å²) in [4.78, 5) is 41.6. The number of hydrogen-bond acceptors (Lipinski definition) is 8. The van der Waals surface area contributed by atoms with Crippen LogP contribution < -0.4 is 9.80 Å². The summed E-state index contributed by atoms with van der Waals surface area (Å²) in [5.41, 5.74) is 2.09. The Bertz CT molecular complexity index is 1460. The van der Waals surface area contributed by atoms with E-state index in [1.54, 1.807) is 11.9 Å². The first kappa shape index (κ1) is 28.5. The van der Waals surface area contributed by atoms with Gasteiger partial charge in [0.25, 0.3) is 5.91 Å². The summed E-state index contributed by atoms with van der Waals surface area (Å²) in [7, 11) is 3.63. The maximum atomic E-state index is 13.9. The van der Waals surface area contributed by atoms with Gasteiger partial charge in [-0.2, -0.15) is 0 Å². The summed E-state index contributed by atoms with van der Waals surface area (Å²) in [5, 5.41) is 8.87. The van der Waals surface area contributed by atoms with Crippen LogP contribution in [0.15, 0.2) is 24.3 Å². The molecule has 41 heavy (non-hydrogen) atoms. The van der Waals surface area contributed by atoms with Crippen molar-refractivity contribution in [1.82, 2.24) is 29.6 Å². The number of carbonyl (C=O) groups excluding carboxylic acids is 2. The molecule has 0 saturated heterocycles. The smallest absolute Gasteiger partial charge is 0.410 e. The number of nitrogens with zero attached hydrogens (tertiary/aromatic N) is 8. The highest BCUT2D eigenvalue weighted by molar-refractivity contribution is 6.10. The average molecular weight is 561 g/mol. The van der Waals surface area contributed by atoms with Crippen LogP contribution in [0.5, 0.6) is 0 Å². The third-order valence-electron chi connectivity index (χ3n) is 7.57. The minimum Gasteiger partial charge on any atom is -0.444 e. The van der Waals surface area contributed by atoms with Gasteiger partial charge in [-0.25, -0.2) is 14.8 Å². The van der Waals surface area contributed by atoms with Gasteiger partial charge in [0, 0.05) is 38.7 Å². The number of amides is 2. The molecule has 0 saturated carbocycles. The predicted octanol–water partition coefficient (Wildman–Crippen LogP) is 4.83. The molecule has 11 nitrogen and oxygen atoms in total. The van der Waals surface area contributed by atoms with Gasteiger partial charge in [-0.15, -0.1) is 10.2 Å². The molecule has 0 aromatic carbocycles. The van der Waals surface area contributed by atoms with Crippen molar-refractivity contribution in [2.45, 2.75) is 91.6 Å². The van der Waals surface area contributed by atoms with E-state index in [0.29, 0.717) is 35.1 Å². The molecule has 218 valence electrons. The summed E-state index contributed by atoms with van der Waals surface area (Å²) in [5.74, 6) is 2.79. The van der Waals surface area contributed by atoms with Crippen LogP contribution in [0.2, 0.25) is 0 Å². The second-order valence-corrected chi connectivity index (χ2v) is 12.2. The molecular weight excluding hydrogens is 520 g/mol. The molecule has 2 aliphatic rings. The minimum atomic E-state index is -0.618. The number of aryl methyl sites for hydroxylation is 1. The number of carbonyl (C=O) groups is 2. The molecule has 0 spiro atoms. The van der Waals surface area contributed by atoms with Crippen molar-refractivity contribution in [3.8, 4) is 11.5 Å². The van der Waals surface area contributed by atoms with E-state index in [4.69, 9.17) is 14.7 Å². The van der Waals surface area contributed by atoms with Gasteiger partial charge in [0.05, 0.1) is 24.3 Å². The second kappa shape index (κ2) is 11.1. The van der Waals surface area contributed by atoms with E-state index in [1.807, 2.05) is 57.0 Å². The summed E-state index contributed by atoms with van der Waals surface area (Å²) in [6.07, 6.45) is 3.83. The van der Waals surface area contributed by atoms with Gasteiger partial charge in [-0.3, -0.25) is 9.69 Å². The fraction of sp³-hybridized carbons (Fsp3) is 0.533. The lowest BCUT2D eigenvalue weighted by Gasteiger charge is -2.26. The standard InChI is InChI=1S/C30H40N8O3/c1-19(2)36(7)26-16-20-21(23(32-26)18-35(6)29(40)41-30(3,4)5)17-38(28(20)39)24-14-11-12-22(31-24)27-34-33-25-13-9-8-10-15-37(25)27/h11-12,14,16,19H,8-10,13,15,17-18H2,1-7H3. The third-order valence-corrected chi connectivity index (χ3v) is 7.57. The van der Waals surface area contributed by atoms with Gasteiger partial charge in [0.2, 0.25) is 0 Å². The zero-order chi connectivity index (χ0) is 29.5. The Morgan fingerprint density at radius 1 is 1.10 bits per heavy atom. The van der Waals surface area contributed by atoms with E-state index >= 15 is 0 Å². The first-order chi connectivity index (χ1) is 19.4. The number of aromatic nitrogens is 5. The molecule has 0 N–H and O–H groups in total. The van der Waals surface area contributed by atoms with Crippen molar-refractivity contribution in [3.63, 3.8) is 0 Å². The summed E-state index contributed by atoms with van der Waals surface area (Å²) >= 11 is 0. The summed E-state index contributed by atoms with van der Waals surface area (Å²) in [6, 6.07) is 7.67. The SMILES string of the molecule is CC(C)N(C)c1cc2c(c(CN(C)C(=O)OC(C)(C)C)n1)CN(c1cccc(-c3nnc4n3CCCCC4)n1)C2=O. The van der Waals surface area contributed by atoms with E-state index in [9.17, 15) is 9.59 Å². The second-order valence-electron chi connectivity index (χ2n) is 12.2. The normalized spacial score (nSPS) is 15.0. The quantitative estimate of drug-likeness (QED) is 0.422. The Morgan fingerprint density at radius 2 is 1.88 bits per heavy atom. The fourth-order valence-corrected chi connectivity index (χ4v) is 5.12. The van der Waals surface area contributed by atoms with Gasteiger partial charge in [0.1, 0.15) is 28.8 Å². The van der Waals surface area contributed by atoms with Gasteiger partial charge in [0.15, 0.2) is 5.82 Å². The molecule has 0 bridgehead atoms.